The summed E-state index contributed by atoms with van der Waals surface area (Å²) in [6.07, 6.45) is 6.31. The van der Waals surface area contributed by atoms with Gasteiger partial charge in [0.2, 0.25) is 0 Å². The van der Waals surface area contributed by atoms with Crippen LogP contribution in [0, 0.1) is 0 Å². The van der Waals surface area contributed by atoms with Gasteiger partial charge >= 0.3 is 0 Å². The van der Waals surface area contributed by atoms with Crippen LogP contribution in [0.5, 0.6) is 0 Å². The highest BCUT2D eigenvalue weighted by Crippen LogP contribution is 2.29. The van der Waals surface area contributed by atoms with Gasteiger partial charge in [0.05, 0.1) is 0 Å². The van der Waals surface area contributed by atoms with Crippen molar-refractivity contribution in [1.82, 2.24) is 0 Å². The average molecular weight is 249 g/mol. The largest absolute Gasteiger partial charge is 0.311 e. The van der Waals surface area contributed by atoms with Gasteiger partial charge in [-0.05, 0) is 44.2 Å². The van der Waals surface area contributed by atoms with Crippen molar-refractivity contribution >= 4 is 11.4 Å². The highest BCUT2D eigenvalue weighted by molar-refractivity contribution is 5.69. The zero-order chi connectivity index (χ0) is 13.5. The first kappa shape index (κ1) is 13.2. The van der Waals surface area contributed by atoms with E-state index in [1.807, 2.05) is 19.1 Å². The first-order chi connectivity index (χ1) is 9.36. The lowest BCUT2D eigenvalue weighted by Crippen LogP contribution is -2.14. The minimum absolute atomic E-state index is 1.17. The molecule has 0 unspecified atom stereocenters. The Morgan fingerprint density at radius 1 is 0.789 bits per heavy atom. The number of rotatable bonds is 4. The molecule has 0 atom stereocenters. The van der Waals surface area contributed by atoms with Crippen LogP contribution in [0.15, 0.2) is 84.6 Å². The van der Waals surface area contributed by atoms with Gasteiger partial charge in [-0.15, -0.1) is 0 Å². The number of nitrogens with zero attached hydrogens (tertiary/aromatic N) is 1. The molecule has 0 fully saturated rings. The second-order valence-electron chi connectivity index (χ2n) is 4.22. The van der Waals surface area contributed by atoms with Crippen LogP contribution in [0.4, 0.5) is 11.4 Å². The maximum Gasteiger partial charge on any atom is 0.0461 e. The number of hydrogen-bond acceptors (Lipinski definition) is 1. The molecule has 1 nitrogen and oxygen atoms in total. The third-order valence-electron chi connectivity index (χ3n) is 2.92. The molecule has 2 rings (SSSR count). The highest BCUT2D eigenvalue weighted by Gasteiger charge is 2.10. The number of allylic oxidation sites excluding steroid dienone is 3. The van der Waals surface area contributed by atoms with E-state index < -0.39 is 0 Å². The van der Waals surface area contributed by atoms with Crippen LogP contribution in [-0.4, -0.2) is 0 Å². The summed E-state index contributed by atoms with van der Waals surface area (Å²) < 4.78 is 0. The summed E-state index contributed by atoms with van der Waals surface area (Å²) in [6.45, 7) is 4.10. The van der Waals surface area contributed by atoms with E-state index in [0.717, 1.165) is 0 Å². The van der Waals surface area contributed by atoms with Gasteiger partial charge in [-0.25, -0.2) is 0 Å². The molecular weight excluding hydrogens is 230 g/mol. The summed E-state index contributed by atoms with van der Waals surface area (Å²) in [7, 11) is 0. The Kier molecular flexibility index (Phi) is 4.57. The lowest BCUT2D eigenvalue weighted by Gasteiger charge is -2.26. The molecule has 0 radical (unpaired) electrons. The van der Waals surface area contributed by atoms with Crippen LogP contribution < -0.4 is 4.90 Å². The number of para-hydroxylation sites is 2. The average Bonchev–Trinajstić information content (AvgIpc) is 2.49. The topological polar surface area (TPSA) is 3.24 Å². The zero-order valence-electron chi connectivity index (χ0n) is 11.5. The van der Waals surface area contributed by atoms with Crippen LogP contribution >= 0.6 is 0 Å². The quantitative estimate of drug-likeness (QED) is 0.664. The summed E-state index contributed by atoms with van der Waals surface area (Å²) >= 11 is 0. The van der Waals surface area contributed by atoms with E-state index in [4.69, 9.17) is 0 Å². The molecule has 0 aliphatic rings. The normalized spacial score (nSPS) is 11.8. The summed E-state index contributed by atoms with van der Waals surface area (Å²) in [5.41, 5.74) is 3.50. The molecule has 96 valence electrons. The van der Waals surface area contributed by atoms with Crippen molar-refractivity contribution in [1.29, 1.82) is 0 Å². The van der Waals surface area contributed by atoms with Gasteiger partial charge in [0.1, 0.15) is 0 Å². The molecule has 0 saturated heterocycles. The van der Waals surface area contributed by atoms with Gasteiger partial charge in [0, 0.05) is 17.1 Å². The van der Waals surface area contributed by atoms with Crippen LogP contribution in [-0.2, 0) is 0 Å². The van der Waals surface area contributed by atoms with Crippen molar-refractivity contribution in [2.75, 3.05) is 4.90 Å². The summed E-state index contributed by atoms with van der Waals surface area (Å²) in [5, 5.41) is 0. The molecule has 0 spiro atoms. The van der Waals surface area contributed by atoms with E-state index in [1.54, 1.807) is 0 Å². The van der Waals surface area contributed by atoms with Gasteiger partial charge in [0.25, 0.3) is 0 Å². The summed E-state index contributed by atoms with van der Waals surface area (Å²) in [6, 6.07) is 20.8. The molecule has 0 bridgehead atoms. The fourth-order valence-electron chi connectivity index (χ4n) is 2.07. The highest BCUT2D eigenvalue weighted by atomic mass is 15.1. The summed E-state index contributed by atoms with van der Waals surface area (Å²) in [4.78, 5) is 2.25. The predicted molar refractivity (Wildman–Crippen MR) is 83.6 cm³/mol. The fourth-order valence-corrected chi connectivity index (χ4v) is 2.07. The molecule has 2 aromatic carbocycles. The Bertz CT molecular complexity index is 513. The molecule has 0 amide bonds. The Hall–Kier alpha value is -2.28. The first-order valence-electron chi connectivity index (χ1n) is 6.56. The van der Waals surface area contributed by atoms with Crippen LogP contribution in [0.3, 0.4) is 0 Å². The van der Waals surface area contributed by atoms with Gasteiger partial charge < -0.3 is 4.90 Å². The molecule has 0 N–H and O–H groups in total. The minimum atomic E-state index is 1.17. The molecule has 0 aliphatic carbocycles. The van der Waals surface area contributed by atoms with Gasteiger partial charge in [0.15, 0.2) is 0 Å². The van der Waals surface area contributed by atoms with E-state index in [0.29, 0.717) is 0 Å². The fraction of sp³-hybridized carbons (Fsp3) is 0.111. The Morgan fingerprint density at radius 3 is 1.63 bits per heavy atom. The maximum atomic E-state index is 2.25. The third kappa shape index (κ3) is 3.14. The van der Waals surface area contributed by atoms with Gasteiger partial charge in [-0.2, -0.15) is 0 Å². The van der Waals surface area contributed by atoms with E-state index in [1.165, 1.54) is 17.1 Å². The molecule has 0 saturated carbocycles. The monoisotopic (exact) mass is 249 g/mol. The van der Waals surface area contributed by atoms with E-state index in [9.17, 15) is 0 Å². The molecule has 0 aliphatic heterocycles. The minimum Gasteiger partial charge on any atom is -0.311 e. The smallest absolute Gasteiger partial charge is 0.0461 e. The number of hydrogen-bond donors (Lipinski definition) is 0. The number of benzene rings is 2. The lowest BCUT2D eigenvalue weighted by molar-refractivity contribution is 1.20. The third-order valence-corrected chi connectivity index (χ3v) is 2.92. The van der Waals surface area contributed by atoms with E-state index in [2.05, 4.69) is 78.6 Å². The van der Waals surface area contributed by atoms with Crippen LogP contribution in [0.2, 0.25) is 0 Å². The maximum absolute atomic E-state index is 2.25. The second kappa shape index (κ2) is 6.60. The van der Waals surface area contributed by atoms with E-state index in [-0.39, 0.29) is 0 Å². The zero-order valence-corrected chi connectivity index (χ0v) is 11.5. The van der Waals surface area contributed by atoms with Crippen molar-refractivity contribution in [2.24, 2.45) is 0 Å². The Balaban J connectivity index is 2.51. The standard InChI is InChI=1S/C18H19N/c1-3-11-16(4-2)19(17-12-7-5-8-13-17)18-14-9-6-10-15-18/h3-15H,1-2H3. The molecule has 19 heavy (non-hydrogen) atoms. The Morgan fingerprint density at radius 2 is 1.26 bits per heavy atom. The van der Waals surface area contributed by atoms with Crippen molar-refractivity contribution < 1.29 is 0 Å². The molecular formula is C18H19N. The van der Waals surface area contributed by atoms with Crippen LogP contribution in [0.25, 0.3) is 0 Å². The lowest BCUT2D eigenvalue weighted by atomic mass is 10.2. The van der Waals surface area contributed by atoms with Crippen molar-refractivity contribution in [2.45, 2.75) is 13.8 Å². The van der Waals surface area contributed by atoms with E-state index >= 15 is 0 Å². The van der Waals surface area contributed by atoms with Gasteiger partial charge in [-0.1, -0.05) is 48.6 Å². The Labute approximate surface area is 115 Å². The molecule has 1 heteroatoms. The number of anilines is 2. The van der Waals surface area contributed by atoms with Crippen molar-refractivity contribution in [3.05, 3.63) is 84.6 Å². The molecule has 2 aromatic rings. The molecule has 0 heterocycles. The van der Waals surface area contributed by atoms with Crippen molar-refractivity contribution in [3.63, 3.8) is 0 Å². The SMILES string of the molecule is CC=CC(=CC)N(c1ccccc1)c1ccccc1. The first-order valence-corrected chi connectivity index (χ1v) is 6.56. The van der Waals surface area contributed by atoms with Crippen LogP contribution in [0.1, 0.15) is 13.8 Å². The van der Waals surface area contributed by atoms with Gasteiger partial charge in [-0.3, -0.25) is 0 Å². The predicted octanol–water partition coefficient (Wildman–Crippen LogP) is 5.30. The second-order valence-corrected chi connectivity index (χ2v) is 4.22. The molecule has 0 aromatic heterocycles. The summed E-state index contributed by atoms with van der Waals surface area (Å²) in [5.74, 6) is 0. The van der Waals surface area contributed by atoms with Crippen molar-refractivity contribution in [3.8, 4) is 0 Å².